The van der Waals surface area contributed by atoms with Crippen molar-refractivity contribution in [2.24, 2.45) is 0 Å². The number of rotatable bonds is 6. The SMILES string of the molecule is CCC(O)CCNc1ncc([N+](=O)[O-])c(C)c1Br. The maximum atomic E-state index is 10.7. The molecule has 1 heterocycles. The Bertz CT molecular complexity index is 440. The first-order chi connectivity index (χ1) is 8.47. The van der Waals surface area contributed by atoms with Gasteiger partial charge in [0.25, 0.3) is 5.69 Å². The van der Waals surface area contributed by atoms with Crippen LogP contribution in [0.4, 0.5) is 11.5 Å². The van der Waals surface area contributed by atoms with E-state index >= 15 is 0 Å². The third kappa shape index (κ3) is 3.64. The molecule has 0 aliphatic rings. The number of aromatic nitrogens is 1. The molecule has 0 spiro atoms. The van der Waals surface area contributed by atoms with Crippen molar-refractivity contribution in [1.82, 2.24) is 4.98 Å². The number of nitrogens with zero attached hydrogens (tertiary/aromatic N) is 2. The highest BCUT2D eigenvalue weighted by Crippen LogP contribution is 2.30. The van der Waals surface area contributed by atoms with Crippen LogP contribution in [-0.4, -0.2) is 27.7 Å². The Morgan fingerprint density at radius 3 is 2.89 bits per heavy atom. The van der Waals surface area contributed by atoms with Crippen LogP contribution in [0.5, 0.6) is 0 Å². The van der Waals surface area contributed by atoms with Gasteiger partial charge in [-0.2, -0.15) is 0 Å². The Kier molecular flexibility index (Phi) is 5.49. The van der Waals surface area contributed by atoms with Crippen molar-refractivity contribution >= 4 is 27.4 Å². The average Bonchev–Trinajstić information content (AvgIpc) is 2.33. The molecule has 0 aliphatic heterocycles. The highest BCUT2D eigenvalue weighted by Gasteiger charge is 2.16. The summed E-state index contributed by atoms with van der Waals surface area (Å²) in [4.78, 5) is 14.3. The van der Waals surface area contributed by atoms with E-state index in [0.717, 1.165) is 0 Å². The van der Waals surface area contributed by atoms with Crippen molar-refractivity contribution in [2.45, 2.75) is 32.8 Å². The molecule has 2 N–H and O–H groups in total. The minimum atomic E-state index is -0.461. The molecule has 18 heavy (non-hydrogen) atoms. The van der Waals surface area contributed by atoms with E-state index in [1.165, 1.54) is 6.20 Å². The molecule has 0 aliphatic carbocycles. The van der Waals surface area contributed by atoms with Gasteiger partial charge in [0.1, 0.15) is 12.0 Å². The fraction of sp³-hybridized carbons (Fsp3) is 0.545. The minimum absolute atomic E-state index is 0.0129. The summed E-state index contributed by atoms with van der Waals surface area (Å²) in [5.74, 6) is 0.557. The van der Waals surface area contributed by atoms with E-state index in [9.17, 15) is 15.2 Å². The number of nitro groups is 1. The van der Waals surface area contributed by atoms with Crippen LogP contribution >= 0.6 is 15.9 Å². The Morgan fingerprint density at radius 2 is 2.33 bits per heavy atom. The number of aliphatic hydroxyl groups excluding tert-OH is 1. The highest BCUT2D eigenvalue weighted by molar-refractivity contribution is 9.10. The van der Waals surface area contributed by atoms with Gasteiger partial charge < -0.3 is 10.4 Å². The van der Waals surface area contributed by atoms with Crippen molar-refractivity contribution in [1.29, 1.82) is 0 Å². The van der Waals surface area contributed by atoms with Crippen LogP contribution in [0.3, 0.4) is 0 Å². The summed E-state index contributed by atoms with van der Waals surface area (Å²) in [7, 11) is 0. The van der Waals surface area contributed by atoms with E-state index in [-0.39, 0.29) is 11.8 Å². The van der Waals surface area contributed by atoms with Crippen molar-refractivity contribution in [3.63, 3.8) is 0 Å². The molecule has 7 heteroatoms. The summed E-state index contributed by atoms with van der Waals surface area (Å²) < 4.78 is 0.586. The molecule has 0 saturated carbocycles. The molecule has 0 saturated heterocycles. The molecule has 1 unspecified atom stereocenters. The number of anilines is 1. The van der Waals surface area contributed by atoms with Gasteiger partial charge in [-0.3, -0.25) is 10.1 Å². The number of hydrogen-bond donors (Lipinski definition) is 2. The molecule has 0 aromatic carbocycles. The van der Waals surface area contributed by atoms with Gasteiger partial charge in [0.15, 0.2) is 0 Å². The standard InChI is InChI=1S/C11H16BrN3O3/c1-3-8(16)4-5-13-11-10(12)7(2)9(6-14-11)15(17)18/h6,8,16H,3-5H2,1-2H3,(H,13,14). The van der Waals surface area contributed by atoms with E-state index < -0.39 is 4.92 Å². The number of nitrogens with one attached hydrogen (secondary N) is 1. The fourth-order valence-corrected chi connectivity index (χ4v) is 1.88. The van der Waals surface area contributed by atoms with Crippen LogP contribution in [0.1, 0.15) is 25.3 Å². The second kappa shape index (κ2) is 6.65. The molecule has 0 fully saturated rings. The lowest BCUT2D eigenvalue weighted by molar-refractivity contribution is -0.385. The van der Waals surface area contributed by atoms with Crippen LogP contribution in [0, 0.1) is 17.0 Å². The molecule has 6 nitrogen and oxygen atoms in total. The van der Waals surface area contributed by atoms with Gasteiger partial charge >= 0.3 is 0 Å². The number of aliphatic hydroxyl groups is 1. The van der Waals surface area contributed by atoms with E-state index in [2.05, 4.69) is 26.2 Å². The summed E-state index contributed by atoms with van der Waals surface area (Å²) in [5.41, 5.74) is 0.523. The quantitative estimate of drug-likeness (QED) is 0.622. The molecule has 1 atom stereocenters. The largest absolute Gasteiger partial charge is 0.393 e. The first-order valence-electron chi connectivity index (χ1n) is 5.68. The Labute approximate surface area is 114 Å². The number of halogens is 1. The summed E-state index contributed by atoms with van der Waals surface area (Å²) in [6.45, 7) is 4.14. The summed E-state index contributed by atoms with van der Waals surface area (Å²) in [6.07, 6.45) is 2.21. The minimum Gasteiger partial charge on any atom is -0.393 e. The maximum absolute atomic E-state index is 10.7. The lowest BCUT2D eigenvalue weighted by Gasteiger charge is -2.11. The summed E-state index contributed by atoms with van der Waals surface area (Å²) in [6, 6.07) is 0. The normalized spacial score (nSPS) is 12.2. The third-order valence-corrected chi connectivity index (χ3v) is 3.65. The van der Waals surface area contributed by atoms with Crippen LogP contribution in [0.2, 0.25) is 0 Å². The number of pyridine rings is 1. The maximum Gasteiger partial charge on any atom is 0.291 e. The van der Waals surface area contributed by atoms with Crippen LogP contribution < -0.4 is 5.32 Å². The monoisotopic (exact) mass is 317 g/mol. The molecule has 0 amide bonds. The zero-order chi connectivity index (χ0) is 13.7. The van der Waals surface area contributed by atoms with Gasteiger partial charge in [-0.05, 0) is 35.7 Å². The van der Waals surface area contributed by atoms with Gasteiger partial charge in [0.05, 0.1) is 15.5 Å². The van der Waals surface area contributed by atoms with Crippen LogP contribution in [0.15, 0.2) is 10.7 Å². The number of hydrogen-bond acceptors (Lipinski definition) is 5. The molecular formula is C11H16BrN3O3. The van der Waals surface area contributed by atoms with Crippen molar-refractivity contribution in [2.75, 3.05) is 11.9 Å². The predicted molar refractivity (Wildman–Crippen MR) is 72.7 cm³/mol. The van der Waals surface area contributed by atoms with E-state index in [1.807, 2.05) is 6.92 Å². The summed E-state index contributed by atoms with van der Waals surface area (Å²) in [5, 5.41) is 23.2. The molecular weight excluding hydrogens is 302 g/mol. The van der Waals surface area contributed by atoms with E-state index in [4.69, 9.17) is 0 Å². The lowest BCUT2D eigenvalue weighted by Crippen LogP contribution is -2.13. The van der Waals surface area contributed by atoms with Crippen molar-refractivity contribution < 1.29 is 10.0 Å². The molecule has 0 radical (unpaired) electrons. The van der Waals surface area contributed by atoms with Gasteiger partial charge in [-0.15, -0.1) is 0 Å². The molecule has 0 bridgehead atoms. The topological polar surface area (TPSA) is 88.3 Å². The van der Waals surface area contributed by atoms with Crippen molar-refractivity contribution in [3.8, 4) is 0 Å². The molecule has 1 rings (SSSR count). The highest BCUT2D eigenvalue weighted by atomic mass is 79.9. The Hall–Kier alpha value is -1.21. The zero-order valence-electron chi connectivity index (χ0n) is 10.3. The van der Waals surface area contributed by atoms with Crippen LogP contribution in [0.25, 0.3) is 0 Å². The molecule has 1 aromatic rings. The fourth-order valence-electron chi connectivity index (χ4n) is 1.44. The van der Waals surface area contributed by atoms with Gasteiger partial charge in [0, 0.05) is 12.1 Å². The zero-order valence-corrected chi connectivity index (χ0v) is 11.9. The van der Waals surface area contributed by atoms with Gasteiger partial charge in [-0.1, -0.05) is 6.92 Å². The van der Waals surface area contributed by atoms with Crippen molar-refractivity contribution in [3.05, 3.63) is 26.3 Å². The van der Waals surface area contributed by atoms with E-state index in [0.29, 0.717) is 35.2 Å². The second-order valence-electron chi connectivity index (χ2n) is 3.97. The van der Waals surface area contributed by atoms with Gasteiger partial charge in [0.2, 0.25) is 0 Å². The van der Waals surface area contributed by atoms with Crippen LogP contribution in [-0.2, 0) is 0 Å². The first-order valence-corrected chi connectivity index (χ1v) is 6.48. The molecule has 1 aromatic heterocycles. The van der Waals surface area contributed by atoms with Gasteiger partial charge in [-0.25, -0.2) is 4.98 Å². The van der Waals surface area contributed by atoms with E-state index in [1.54, 1.807) is 6.92 Å². The first kappa shape index (κ1) is 14.8. The lowest BCUT2D eigenvalue weighted by atomic mass is 10.2. The molecule has 100 valence electrons. The second-order valence-corrected chi connectivity index (χ2v) is 4.76. The third-order valence-electron chi connectivity index (χ3n) is 2.68. The smallest absolute Gasteiger partial charge is 0.291 e. The Morgan fingerprint density at radius 1 is 1.67 bits per heavy atom. The predicted octanol–water partition coefficient (Wildman–Crippen LogP) is 2.63. The summed E-state index contributed by atoms with van der Waals surface area (Å²) >= 11 is 3.29. The average molecular weight is 318 g/mol. The Balaban J connectivity index is 2.74.